The van der Waals surface area contributed by atoms with E-state index in [1.54, 1.807) is 18.2 Å². The van der Waals surface area contributed by atoms with Crippen LogP contribution in [-0.4, -0.2) is 16.8 Å². The molecule has 4 N–H and O–H groups in total. The lowest BCUT2D eigenvalue weighted by molar-refractivity contribution is 0.474. The highest BCUT2D eigenvalue weighted by atomic mass is 16.3. The predicted octanol–water partition coefficient (Wildman–Crippen LogP) is 5.43. The van der Waals surface area contributed by atoms with Crippen LogP contribution in [0.2, 0.25) is 0 Å². The molecule has 3 nitrogen and oxygen atoms in total. The molecule has 0 bridgehead atoms. The summed E-state index contributed by atoms with van der Waals surface area (Å²) in [4.78, 5) is 0. The molecular weight excluding hydrogens is 322 g/mol. The molecule has 138 valence electrons. The second-order valence-electron chi connectivity index (χ2n) is 7.25. The maximum Gasteiger partial charge on any atom is 0.116 e. The second kappa shape index (κ2) is 8.41. The average Bonchev–Trinajstić information content (AvgIpc) is 2.90. The van der Waals surface area contributed by atoms with Crippen molar-refractivity contribution in [2.75, 3.05) is 6.54 Å². The molecule has 1 unspecified atom stereocenters. The Kier molecular flexibility index (Phi) is 6.00. The molecule has 0 fully saturated rings. The van der Waals surface area contributed by atoms with Crippen molar-refractivity contribution in [1.82, 2.24) is 0 Å². The Hall–Kier alpha value is -2.26. The molecule has 0 aliphatic heterocycles. The van der Waals surface area contributed by atoms with E-state index in [1.165, 1.54) is 42.4 Å². The number of fused-ring (bicyclic) bond motifs is 1. The van der Waals surface area contributed by atoms with Crippen molar-refractivity contribution in [2.24, 2.45) is 5.73 Å². The molecule has 0 amide bonds. The third-order valence-corrected chi connectivity index (χ3v) is 5.44. The summed E-state index contributed by atoms with van der Waals surface area (Å²) < 4.78 is 0. The van der Waals surface area contributed by atoms with E-state index in [0.717, 1.165) is 30.5 Å². The van der Waals surface area contributed by atoms with Crippen LogP contribution in [0.5, 0.6) is 11.5 Å². The van der Waals surface area contributed by atoms with Crippen LogP contribution in [0.25, 0.3) is 11.1 Å². The van der Waals surface area contributed by atoms with Crippen molar-refractivity contribution in [3.63, 3.8) is 0 Å². The molecule has 0 heterocycles. The molecule has 0 radical (unpaired) electrons. The first-order valence-corrected chi connectivity index (χ1v) is 9.65. The van der Waals surface area contributed by atoms with Gasteiger partial charge in [-0.3, -0.25) is 0 Å². The summed E-state index contributed by atoms with van der Waals surface area (Å²) in [5.41, 5.74) is 11.8. The SMILES string of the molecule is CC1=C(c2ccc(O)cc2)C(CCCCCCCN)c2ccc(O)cc21. The van der Waals surface area contributed by atoms with Gasteiger partial charge in [0.1, 0.15) is 11.5 Å². The molecule has 0 aromatic heterocycles. The van der Waals surface area contributed by atoms with Gasteiger partial charge in [-0.2, -0.15) is 0 Å². The van der Waals surface area contributed by atoms with Gasteiger partial charge < -0.3 is 15.9 Å². The maximum absolute atomic E-state index is 9.92. The summed E-state index contributed by atoms with van der Waals surface area (Å²) >= 11 is 0. The van der Waals surface area contributed by atoms with Gasteiger partial charge in [-0.15, -0.1) is 0 Å². The predicted molar refractivity (Wildman–Crippen MR) is 108 cm³/mol. The van der Waals surface area contributed by atoms with E-state index in [4.69, 9.17) is 5.73 Å². The molecule has 2 aromatic rings. The highest BCUT2D eigenvalue weighted by Gasteiger charge is 2.29. The van der Waals surface area contributed by atoms with Crippen LogP contribution in [0.15, 0.2) is 42.5 Å². The van der Waals surface area contributed by atoms with Crippen molar-refractivity contribution in [3.8, 4) is 11.5 Å². The summed E-state index contributed by atoms with van der Waals surface area (Å²) in [6.45, 7) is 2.92. The van der Waals surface area contributed by atoms with Gasteiger partial charge >= 0.3 is 0 Å². The third-order valence-electron chi connectivity index (χ3n) is 5.44. The standard InChI is InChI=1S/C23H29NO2/c1-16-22-15-19(26)12-13-20(22)21(7-5-3-2-4-6-14-24)23(16)17-8-10-18(25)11-9-17/h8-13,15,21,25-26H,2-7,14,24H2,1H3. The first-order valence-electron chi connectivity index (χ1n) is 9.65. The molecule has 1 atom stereocenters. The molecule has 3 heteroatoms. The van der Waals surface area contributed by atoms with Crippen LogP contribution in [0.3, 0.4) is 0 Å². The summed E-state index contributed by atoms with van der Waals surface area (Å²) in [5, 5.41) is 19.6. The van der Waals surface area contributed by atoms with E-state index < -0.39 is 0 Å². The van der Waals surface area contributed by atoms with E-state index in [2.05, 4.69) is 13.0 Å². The van der Waals surface area contributed by atoms with Crippen LogP contribution in [0.4, 0.5) is 0 Å². The van der Waals surface area contributed by atoms with Crippen molar-refractivity contribution < 1.29 is 10.2 Å². The zero-order valence-corrected chi connectivity index (χ0v) is 15.5. The van der Waals surface area contributed by atoms with Crippen LogP contribution in [0, 0.1) is 0 Å². The maximum atomic E-state index is 9.92. The number of hydrogen-bond donors (Lipinski definition) is 3. The smallest absolute Gasteiger partial charge is 0.116 e. The van der Waals surface area contributed by atoms with Gasteiger partial charge in [-0.05, 0) is 78.4 Å². The highest BCUT2D eigenvalue weighted by Crippen LogP contribution is 2.50. The number of aromatic hydroxyl groups is 2. The molecule has 0 spiro atoms. The van der Waals surface area contributed by atoms with E-state index in [-0.39, 0.29) is 5.75 Å². The fourth-order valence-corrected chi connectivity index (χ4v) is 4.12. The normalized spacial score (nSPS) is 16.2. The number of phenols is 2. The summed E-state index contributed by atoms with van der Waals surface area (Å²) in [5.74, 6) is 0.955. The molecule has 0 saturated heterocycles. The van der Waals surface area contributed by atoms with Gasteiger partial charge in [-0.25, -0.2) is 0 Å². The molecule has 0 saturated carbocycles. The second-order valence-corrected chi connectivity index (χ2v) is 7.25. The Morgan fingerprint density at radius 1 is 0.846 bits per heavy atom. The fourth-order valence-electron chi connectivity index (χ4n) is 4.12. The molecule has 26 heavy (non-hydrogen) atoms. The van der Waals surface area contributed by atoms with Crippen molar-refractivity contribution in [1.29, 1.82) is 0 Å². The fraction of sp³-hybridized carbons (Fsp3) is 0.391. The zero-order valence-electron chi connectivity index (χ0n) is 15.5. The number of hydrogen-bond acceptors (Lipinski definition) is 3. The lowest BCUT2D eigenvalue weighted by Gasteiger charge is -2.18. The van der Waals surface area contributed by atoms with E-state index in [9.17, 15) is 10.2 Å². The van der Waals surface area contributed by atoms with E-state index >= 15 is 0 Å². The van der Waals surface area contributed by atoms with Crippen molar-refractivity contribution in [2.45, 2.75) is 51.4 Å². The Morgan fingerprint density at radius 3 is 2.23 bits per heavy atom. The Bertz CT molecular complexity index is 777. The van der Waals surface area contributed by atoms with Gasteiger partial charge in [0.05, 0.1) is 0 Å². The molecular formula is C23H29NO2. The average molecular weight is 351 g/mol. The lowest BCUT2D eigenvalue weighted by atomic mass is 9.86. The quantitative estimate of drug-likeness (QED) is 0.556. The molecule has 3 rings (SSSR count). The molecule has 2 aromatic carbocycles. The summed E-state index contributed by atoms with van der Waals surface area (Å²) in [6.07, 6.45) is 7.09. The van der Waals surface area contributed by atoms with Gasteiger partial charge in [0.25, 0.3) is 0 Å². The van der Waals surface area contributed by atoms with Crippen LogP contribution in [0.1, 0.15) is 68.1 Å². The number of rotatable bonds is 8. The Morgan fingerprint density at radius 2 is 1.50 bits per heavy atom. The first kappa shape index (κ1) is 18.5. The number of unbranched alkanes of at least 4 members (excludes halogenated alkanes) is 4. The van der Waals surface area contributed by atoms with Gasteiger partial charge in [0.2, 0.25) is 0 Å². The minimum Gasteiger partial charge on any atom is -0.508 e. The minimum atomic E-state index is 0.289. The van der Waals surface area contributed by atoms with E-state index in [0.29, 0.717) is 11.7 Å². The summed E-state index contributed by atoms with van der Waals surface area (Å²) in [7, 11) is 0. The van der Waals surface area contributed by atoms with Crippen LogP contribution < -0.4 is 5.73 Å². The topological polar surface area (TPSA) is 66.5 Å². The van der Waals surface area contributed by atoms with Crippen LogP contribution in [-0.2, 0) is 0 Å². The number of phenolic OH excluding ortho intramolecular Hbond substituents is 2. The number of benzene rings is 2. The van der Waals surface area contributed by atoms with Crippen LogP contribution >= 0.6 is 0 Å². The molecule has 1 aliphatic carbocycles. The van der Waals surface area contributed by atoms with Gasteiger partial charge in [-0.1, -0.05) is 43.9 Å². The monoisotopic (exact) mass is 351 g/mol. The van der Waals surface area contributed by atoms with E-state index in [1.807, 2.05) is 18.2 Å². The summed E-state index contributed by atoms with van der Waals surface area (Å²) in [6, 6.07) is 13.2. The van der Waals surface area contributed by atoms with Crippen molar-refractivity contribution in [3.05, 3.63) is 59.2 Å². The van der Waals surface area contributed by atoms with Gasteiger partial charge in [0.15, 0.2) is 0 Å². The number of allylic oxidation sites excluding steroid dienone is 2. The number of nitrogens with two attached hydrogens (primary N) is 1. The minimum absolute atomic E-state index is 0.289. The van der Waals surface area contributed by atoms with Gasteiger partial charge in [0, 0.05) is 5.92 Å². The Balaban J connectivity index is 1.83. The highest BCUT2D eigenvalue weighted by molar-refractivity contribution is 5.99. The zero-order chi connectivity index (χ0) is 18.5. The Labute approximate surface area is 156 Å². The molecule has 1 aliphatic rings. The lowest BCUT2D eigenvalue weighted by Crippen LogP contribution is -2.00. The third kappa shape index (κ3) is 3.94. The largest absolute Gasteiger partial charge is 0.508 e. The first-order chi connectivity index (χ1) is 12.6. The van der Waals surface area contributed by atoms with Crippen molar-refractivity contribution >= 4 is 11.1 Å².